The lowest BCUT2D eigenvalue weighted by Gasteiger charge is -2.23. The van der Waals surface area contributed by atoms with Gasteiger partial charge in [-0.25, -0.2) is 9.97 Å². The molecule has 2 heterocycles. The highest BCUT2D eigenvalue weighted by molar-refractivity contribution is 6.30. The summed E-state index contributed by atoms with van der Waals surface area (Å²) in [6.07, 6.45) is 3.82. The first-order valence-electron chi connectivity index (χ1n) is 6.23. The highest BCUT2D eigenvalue weighted by Crippen LogP contribution is 2.25. The molecule has 98 valence electrons. The maximum Gasteiger partial charge on any atom is 0.221 e. The van der Waals surface area contributed by atoms with Crippen molar-refractivity contribution >= 4 is 23.3 Å². The van der Waals surface area contributed by atoms with Gasteiger partial charge in [0.1, 0.15) is 17.3 Å². The number of halogens is 1. The van der Waals surface area contributed by atoms with Crippen LogP contribution in [-0.4, -0.2) is 35.5 Å². The van der Waals surface area contributed by atoms with Crippen LogP contribution < -0.4 is 10.2 Å². The molecule has 1 aromatic heterocycles. The fourth-order valence-electron chi connectivity index (χ4n) is 2.10. The third-order valence-electron chi connectivity index (χ3n) is 2.98. The van der Waals surface area contributed by atoms with Gasteiger partial charge in [-0.05, 0) is 6.42 Å². The second-order valence-electron chi connectivity index (χ2n) is 4.30. The Labute approximate surface area is 112 Å². The van der Waals surface area contributed by atoms with E-state index in [0.717, 1.165) is 30.8 Å². The zero-order chi connectivity index (χ0) is 13.0. The van der Waals surface area contributed by atoms with Crippen LogP contribution in [-0.2, 0) is 11.2 Å². The topological polar surface area (TPSA) is 58.1 Å². The van der Waals surface area contributed by atoms with E-state index in [1.165, 1.54) is 6.33 Å². The van der Waals surface area contributed by atoms with Crippen molar-refractivity contribution in [3.8, 4) is 0 Å². The second kappa shape index (κ2) is 6.00. The van der Waals surface area contributed by atoms with E-state index in [2.05, 4.69) is 27.1 Å². The van der Waals surface area contributed by atoms with Crippen molar-refractivity contribution in [1.29, 1.82) is 0 Å². The van der Waals surface area contributed by atoms with Gasteiger partial charge in [0.05, 0.1) is 0 Å². The predicted octanol–water partition coefficient (Wildman–Crippen LogP) is 1.41. The van der Waals surface area contributed by atoms with E-state index in [1.54, 1.807) is 0 Å². The van der Waals surface area contributed by atoms with Crippen LogP contribution in [0.2, 0.25) is 5.15 Å². The summed E-state index contributed by atoms with van der Waals surface area (Å²) >= 11 is 6.14. The minimum Gasteiger partial charge on any atom is -0.354 e. The van der Waals surface area contributed by atoms with Crippen molar-refractivity contribution in [2.45, 2.75) is 26.2 Å². The van der Waals surface area contributed by atoms with Crippen LogP contribution in [0.5, 0.6) is 0 Å². The largest absolute Gasteiger partial charge is 0.354 e. The van der Waals surface area contributed by atoms with Crippen molar-refractivity contribution in [3.05, 3.63) is 17.0 Å². The number of nitrogens with zero attached hydrogens (tertiary/aromatic N) is 3. The Kier molecular flexibility index (Phi) is 4.36. The van der Waals surface area contributed by atoms with Gasteiger partial charge in [-0.15, -0.1) is 0 Å². The SMILES string of the molecule is CCCc1c(Cl)ncnc1N1CCNC(=O)CC1. The summed E-state index contributed by atoms with van der Waals surface area (Å²) in [5, 5.41) is 3.37. The zero-order valence-corrected chi connectivity index (χ0v) is 11.2. The summed E-state index contributed by atoms with van der Waals surface area (Å²) in [6, 6.07) is 0. The first kappa shape index (κ1) is 13.1. The molecule has 0 atom stereocenters. The molecule has 6 heteroatoms. The number of hydrogen-bond donors (Lipinski definition) is 1. The molecular weight excluding hydrogens is 252 g/mol. The molecule has 1 saturated heterocycles. The molecule has 0 unspecified atom stereocenters. The molecule has 0 saturated carbocycles. The van der Waals surface area contributed by atoms with Crippen molar-refractivity contribution in [2.75, 3.05) is 24.5 Å². The van der Waals surface area contributed by atoms with Gasteiger partial charge in [0, 0.05) is 31.6 Å². The smallest absolute Gasteiger partial charge is 0.221 e. The minimum atomic E-state index is 0.0923. The Balaban J connectivity index is 2.26. The van der Waals surface area contributed by atoms with Gasteiger partial charge in [-0.2, -0.15) is 0 Å². The van der Waals surface area contributed by atoms with Crippen LogP contribution in [0.1, 0.15) is 25.3 Å². The molecule has 1 N–H and O–H groups in total. The van der Waals surface area contributed by atoms with E-state index in [1.807, 2.05) is 0 Å². The number of rotatable bonds is 3. The number of aromatic nitrogens is 2. The molecule has 2 rings (SSSR count). The Morgan fingerprint density at radius 1 is 1.44 bits per heavy atom. The van der Waals surface area contributed by atoms with E-state index in [0.29, 0.717) is 24.7 Å². The van der Waals surface area contributed by atoms with E-state index in [-0.39, 0.29) is 5.91 Å². The summed E-state index contributed by atoms with van der Waals surface area (Å²) in [5.41, 5.74) is 0.982. The maximum absolute atomic E-state index is 11.3. The zero-order valence-electron chi connectivity index (χ0n) is 10.4. The number of nitrogens with one attached hydrogen (secondary N) is 1. The van der Waals surface area contributed by atoms with E-state index in [4.69, 9.17) is 11.6 Å². The first-order chi connectivity index (χ1) is 8.72. The predicted molar refractivity (Wildman–Crippen MR) is 70.9 cm³/mol. The summed E-state index contributed by atoms with van der Waals surface area (Å²) in [6.45, 7) is 4.18. The molecule has 0 radical (unpaired) electrons. The molecule has 1 fully saturated rings. The van der Waals surface area contributed by atoms with Crippen LogP contribution in [0.25, 0.3) is 0 Å². The van der Waals surface area contributed by atoms with Gasteiger partial charge in [0.2, 0.25) is 5.91 Å². The Bertz CT molecular complexity index is 438. The molecule has 0 aromatic carbocycles. The second-order valence-corrected chi connectivity index (χ2v) is 4.66. The quantitative estimate of drug-likeness (QED) is 0.842. The molecule has 1 aromatic rings. The van der Waals surface area contributed by atoms with Crippen molar-refractivity contribution < 1.29 is 4.79 Å². The lowest BCUT2D eigenvalue weighted by atomic mass is 10.1. The molecule has 1 aliphatic rings. The van der Waals surface area contributed by atoms with Gasteiger partial charge in [0.15, 0.2) is 0 Å². The third-order valence-corrected chi connectivity index (χ3v) is 3.31. The number of anilines is 1. The monoisotopic (exact) mass is 268 g/mol. The van der Waals surface area contributed by atoms with Gasteiger partial charge >= 0.3 is 0 Å². The van der Waals surface area contributed by atoms with Gasteiger partial charge in [0.25, 0.3) is 0 Å². The minimum absolute atomic E-state index is 0.0923. The molecule has 1 amide bonds. The first-order valence-corrected chi connectivity index (χ1v) is 6.61. The number of amides is 1. The van der Waals surface area contributed by atoms with Crippen molar-refractivity contribution in [1.82, 2.24) is 15.3 Å². The number of carbonyl (C=O) groups is 1. The normalized spacial score (nSPS) is 16.3. The summed E-state index contributed by atoms with van der Waals surface area (Å²) in [7, 11) is 0. The fourth-order valence-corrected chi connectivity index (χ4v) is 2.32. The molecule has 1 aliphatic heterocycles. The number of hydrogen-bond acceptors (Lipinski definition) is 4. The van der Waals surface area contributed by atoms with Crippen LogP contribution in [0, 0.1) is 0 Å². The highest BCUT2D eigenvalue weighted by atomic mass is 35.5. The summed E-state index contributed by atoms with van der Waals surface area (Å²) in [4.78, 5) is 21.8. The Hall–Kier alpha value is -1.36. The molecule has 0 bridgehead atoms. The van der Waals surface area contributed by atoms with Crippen LogP contribution >= 0.6 is 11.6 Å². The van der Waals surface area contributed by atoms with Crippen LogP contribution in [0.4, 0.5) is 5.82 Å². The Morgan fingerprint density at radius 3 is 3.06 bits per heavy atom. The van der Waals surface area contributed by atoms with E-state index >= 15 is 0 Å². The van der Waals surface area contributed by atoms with Crippen molar-refractivity contribution in [2.24, 2.45) is 0 Å². The Morgan fingerprint density at radius 2 is 2.28 bits per heavy atom. The maximum atomic E-state index is 11.3. The van der Waals surface area contributed by atoms with E-state index < -0.39 is 0 Å². The van der Waals surface area contributed by atoms with Crippen LogP contribution in [0.15, 0.2) is 6.33 Å². The molecular formula is C12H17ClN4O. The highest BCUT2D eigenvalue weighted by Gasteiger charge is 2.19. The van der Waals surface area contributed by atoms with Gasteiger partial charge < -0.3 is 10.2 Å². The average Bonchev–Trinajstić information content (AvgIpc) is 2.57. The van der Waals surface area contributed by atoms with Gasteiger partial charge in [-0.3, -0.25) is 4.79 Å². The average molecular weight is 269 g/mol. The lowest BCUT2D eigenvalue weighted by Crippen LogP contribution is -2.30. The van der Waals surface area contributed by atoms with Crippen LogP contribution in [0.3, 0.4) is 0 Å². The standard InChI is InChI=1S/C12H17ClN4O/c1-2-3-9-11(13)15-8-16-12(9)17-6-4-10(18)14-5-7-17/h8H,2-7H2,1H3,(H,14,18). The molecule has 5 nitrogen and oxygen atoms in total. The lowest BCUT2D eigenvalue weighted by molar-refractivity contribution is -0.120. The van der Waals surface area contributed by atoms with Crippen molar-refractivity contribution in [3.63, 3.8) is 0 Å². The fraction of sp³-hybridized carbons (Fsp3) is 0.583. The summed E-state index contributed by atoms with van der Waals surface area (Å²) in [5.74, 6) is 0.961. The van der Waals surface area contributed by atoms with E-state index in [9.17, 15) is 4.79 Å². The number of carbonyl (C=O) groups excluding carboxylic acids is 1. The molecule has 0 aliphatic carbocycles. The summed E-state index contributed by atoms with van der Waals surface area (Å²) < 4.78 is 0. The van der Waals surface area contributed by atoms with Gasteiger partial charge in [-0.1, -0.05) is 24.9 Å². The molecule has 18 heavy (non-hydrogen) atoms. The molecule has 0 spiro atoms. The third kappa shape index (κ3) is 2.90.